The summed E-state index contributed by atoms with van der Waals surface area (Å²) in [6.07, 6.45) is 0. The average molecular weight is 313 g/mol. The first-order chi connectivity index (χ1) is 6.07. The maximum Gasteiger partial charge on any atom is 0.376 e. The number of aromatic nitrogens is 2. The van der Waals surface area contributed by atoms with Gasteiger partial charge in [-0.1, -0.05) is 0 Å². The van der Waals surface area contributed by atoms with Gasteiger partial charge in [0.05, 0.1) is 6.61 Å². The molecule has 1 heterocycles. The molecule has 0 bridgehead atoms. The van der Waals surface area contributed by atoms with Crippen LogP contribution in [0.25, 0.3) is 0 Å². The van der Waals surface area contributed by atoms with Crippen molar-refractivity contribution in [3.05, 3.63) is 15.0 Å². The van der Waals surface area contributed by atoms with Crippen LogP contribution in [0.2, 0.25) is 0 Å². The van der Waals surface area contributed by atoms with Gasteiger partial charge in [-0.05, 0) is 38.8 Å². The monoisotopic (exact) mass is 311 g/mol. The number of nitrogen functional groups attached to an aromatic ring is 1. The number of rotatable bonds is 2. The number of ether oxygens (including phenoxy) is 1. The van der Waals surface area contributed by atoms with Crippen LogP contribution in [-0.4, -0.2) is 22.2 Å². The molecule has 13 heavy (non-hydrogen) atoms. The summed E-state index contributed by atoms with van der Waals surface area (Å²) in [7, 11) is 0. The van der Waals surface area contributed by atoms with E-state index in [1.807, 2.05) is 0 Å². The summed E-state index contributed by atoms with van der Waals surface area (Å²) in [5.74, 6) is 5.02. The van der Waals surface area contributed by atoms with Crippen LogP contribution < -0.4 is 5.84 Å². The molecule has 0 atom stereocenters. The van der Waals surface area contributed by atoms with Crippen molar-refractivity contribution in [1.82, 2.24) is 9.66 Å². The van der Waals surface area contributed by atoms with Gasteiger partial charge in [0.25, 0.3) is 0 Å². The lowest BCUT2D eigenvalue weighted by Crippen LogP contribution is -2.19. The van der Waals surface area contributed by atoms with Gasteiger partial charge in [0.1, 0.15) is 9.21 Å². The largest absolute Gasteiger partial charge is 0.460 e. The molecule has 0 aliphatic heterocycles. The Morgan fingerprint density at radius 3 is 2.69 bits per heavy atom. The maximum atomic E-state index is 11.2. The highest BCUT2D eigenvalue weighted by atomic mass is 79.9. The van der Waals surface area contributed by atoms with Crippen LogP contribution >= 0.6 is 31.9 Å². The van der Waals surface area contributed by atoms with Gasteiger partial charge in [-0.3, -0.25) is 0 Å². The number of carbonyl (C=O) groups is 1. The second-order valence-corrected chi connectivity index (χ2v) is 3.61. The maximum absolute atomic E-state index is 11.2. The lowest BCUT2D eigenvalue weighted by Gasteiger charge is -2.00. The van der Waals surface area contributed by atoms with Crippen LogP contribution in [0.4, 0.5) is 0 Å². The summed E-state index contributed by atoms with van der Waals surface area (Å²) in [4.78, 5) is 15.1. The fraction of sp³-hybridized carbons (Fsp3) is 0.333. The lowest BCUT2D eigenvalue weighted by atomic mass is 10.6. The van der Waals surface area contributed by atoms with Crippen LogP contribution in [0.3, 0.4) is 0 Å². The standard InChI is InChI=1S/C6H7Br2N3O2/c1-2-13-6(12)5-10-3(7)4(8)11(5)9/h2,9H2,1H3. The molecule has 0 aromatic carbocycles. The molecule has 5 nitrogen and oxygen atoms in total. The number of imidazole rings is 1. The highest BCUT2D eigenvalue weighted by molar-refractivity contribution is 9.13. The summed E-state index contributed by atoms with van der Waals surface area (Å²) in [5.41, 5.74) is 0. The fourth-order valence-electron chi connectivity index (χ4n) is 0.725. The number of hydrogen-bond acceptors (Lipinski definition) is 4. The van der Waals surface area contributed by atoms with Crippen LogP contribution in [0.5, 0.6) is 0 Å². The van der Waals surface area contributed by atoms with E-state index >= 15 is 0 Å². The Morgan fingerprint density at radius 2 is 2.31 bits per heavy atom. The first-order valence-electron chi connectivity index (χ1n) is 3.43. The van der Waals surface area contributed by atoms with Crippen LogP contribution in [0, 0.1) is 0 Å². The molecule has 0 saturated carbocycles. The van der Waals surface area contributed by atoms with Crippen molar-refractivity contribution in [3.63, 3.8) is 0 Å². The number of hydrogen-bond donors (Lipinski definition) is 1. The van der Waals surface area contributed by atoms with E-state index in [0.717, 1.165) is 4.68 Å². The number of carbonyl (C=O) groups excluding carboxylic acids is 1. The molecule has 0 spiro atoms. The lowest BCUT2D eigenvalue weighted by molar-refractivity contribution is 0.0508. The zero-order valence-electron chi connectivity index (χ0n) is 6.75. The highest BCUT2D eigenvalue weighted by Gasteiger charge is 2.18. The molecule has 1 aromatic heterocycles. The topological polar surface area (TPSA) is 70.1 Å². The first-order valence-corrected chi connectivity index (χ1v) is 5.02. The molecular formula is C6H7Br2N3O2. The Hall–Kier alpha value is -0.560. The van der Waals surface area contributed by atoms with Crippen LogP contribution in [0.15, 0.2) is 9.21 Å². The van der Waals surface area contributed by atoms with Crippen molar-refractivity contribution < 1.29 is 9.53 Å². The quantitative estimate of drug-likeness (QED) is 0.660. The molecule has 0 fully saturated rings. The van der Waals surface area contributed by atoms with Gasteiger partial charge in [0, 0.05) is 0 Å². The molecule has 0 aliphatic rings. The van der Waals surface area contributed by atoms with E-state index in [4.69, 9.17) is 10.6 Å². The molecule has 0 aliphatic carbocycles. The van der Waals surface area contributed by atoms with E-state index in [0.29, 0.717) is 15.8 Å². The molecule has 0 saturated heterocycles. The molecule has 1 rings (SSSR count). The zero-order chi connectivity index (χ0) is 10.0. The minimum absolute atomic E-state index is 0.0561. The van der Waals surface area contributed by atoms with Gasteiger partial charge in [0.2, 0.25) is 5.82 Å². The van der Waals surface area contributed by atoms with Gasteiger partial charge in [-0.25, -0.2) is 14.5 Å². The van der Waals surface area contributed by atoms with E-state index < -0.39 is 5.97 Å². The van der Waals surface area contributed by atoms with Gasteiger partial charge in [0.15, 0.2) is 0 Å². The number of nitrogens with two attached hydrogens (primary N) is 1. The van der Waals surface area contributed by atoms with Crippen molar-refractivity contribution in [2.24, 2.45) is 0 Å². The fourth-order valence-corrected chi connectivity index (χ4v) is 1.34. The molecule has 72 valence electrons. The van der Waals surface area contributed by atoms with E-state index in [9.17, 15) is 4.79 Å². The predicted octanol–water partition coefficient (Wildman–Crippen LogP) is 1.30. The highest BCUT2D eigenvalue weighted by Crippen LogP contribution is 2.21. The first kappa shape index (κ1) is 10.5. The Labute approximate surface area is 91.5 Å². The van der Waals surface area contributed by atoms with Crippen molar-refractivity contribution in [2.45, 2.75) is 6.92 Å². The minimum Gasteiger partial charge on any atom is -0.460 e. The van der Waals surface area contributed by atoms with E-state index in [1.165, 1.54) is 0 Å². The zero-order valence-corrected chi connectivity index (χ0v) is 9.92. The minimum atomic E-state index is -0.545. The molecule has 0 unspecified atom stereocenters. The number of nitrogens with zero attached hydrogens (tertiary/aromatic N) is 2. The predicted molar refractivity (Wildman–Crippen MR) is 53.7 cm³/mol. The Morgan fingerprint density at radius 1 is 1.69 bits per heavy atom. The second kappa shape index (κ2) is 4.10. The average Bonchev–Trinajstić information content (AvgIpc) is 2.33. The summed E-state index contributed by atoms with van der Waals surface area (Å²) in [6.45, 7) is 2.01. The number of esters is 1. The van der Waals surface area contributed by atoms with Gasteiger partial charge < -0.3 is 10.6 Å². The normalized spacial score (nSPS) is 10.1. The van der Waals surface area contributed by atoms with E-state index in [-0.39, 0.29) is 5.82 Å². The van der Waals surface area contributed by atoms with E-state index in [1.54, 1.807) is 6.92 Å². The molecular weight excluding hydrogens is 306 g/mol. The van der Waals surface area contributed by atoms with Gasteiger partial charge >= 0.3 is 5.97 Å². The van der Waals surface area contributed by atoms with Gasteiger partial charge in [-0.2, -0.15) is 0 Å². The third-order valence-electron chi connectivity index (χ3n) is 1.27. The van der Waals surface area contributed by atoms with Crippen LogP contribution in [-0.2, 0) is 4.74 Å². The van der Waals surface area contributed by atoms with Crippen LogP contribution in [0.1, 0.15) is 17.5 Å². The summed E-state index contributed by atoms with van der Waals surface area (Å²) in [5, 5.41) is 0. The van der Waals surface area contributed by atoms with Crippen molar-refractivity contribution in [3.8, 4) is 0 Å². The molecule has 1 aromatic rings. The number of halogens is 2. The Balaban J connectivity index is 3.01. The van der Waals surface area contributed by atoms with Crippen molar-refractivity contribution in [1.29, 1.82) is 0 Å². The molecule has 2 N–H and O–H groups in total. The molecule has 0 radical (unpaired) electrons. The Bertz CT molecular complexity index is 337. The molecule has 7 heteroatoms. The Kier molecular flexibility index (Phi) is 3.32. The summed E-state index contributed by atoms with van der Waals surface area (Å²) < 4.78 is 6.81. The molecule has 0 amide bonds. The van der Waals surface area contributed by atoms with E-state index in [2.05, 4.69) is 36.8 Å². The summed E-state index contributed by atoms with van der Waals surface area (Å²) >= 11 is 6.26. The third-order valence-corrected chi connectivity index (χ3v) is 3.11. The van der Waals surface area contributed by atoms with Gasteiger partial charge in [-0.15, -0.1) is 0 Å². The van der Waals surface area contributed by atoms with Crippen molar-refractivity contribution in [2.75, 3.05) is 12.4 Å². The third kappa shape index (κ3) is 2.02. The smallest absolute Gasteiger partial charge is 0.376 e. The second-order valence-electron chi connectivity index (χ2n) is 2.11. The summed E-state index contributed by atoms with van der Waals surface area (Å²) in [6, 6.07) is 0. The van der Waals surface area contributed by atoms with Crippen molar-refractivity contribution >= 4 is 37.8 Å². The SMILES string of the molecule is CCOC(=O)c1nc(Br)c(Br)n1N.